The number of aromatic nitrogens is 1. The van der Waals surface area contributed by atoms with Crippen LogP contribution >= 0.6 is 0 Å². The highest BCUT2D eigenvalue weighted by molar-refractivity contribution is 5.90. The van der Waals surface area contributed by atoms with Gasteiger partial charge in [-0.3, -0.25) is 10.1 Å². The van der Waals surface area contributed by atoms with E-state index in [0.29, 0.717) is 18.0 Å². The highest BCUT2D eigenvalue weighted by Crippen LogP contribution is 2.41. The standard InChI is InChI=1S/C16H20N2O4/c1-4-8-14-9-5-12(21-2)13(22-3)6-10(9)18-11(14)7-17-15(8)16(19)20/h5-6,8,15,17-18H,4,7H2,1-3H3,(H,19,20). The number of aliphatic carboxylic acids is 1. The molecule has 1 aliphatic heterocycles. The fraction of sp³-hybridized carbons (Fsp3) is 0.438. The molecule has 2 atom stereocenters. The Morgan fingerprint density at radius 3 is 2.59 bits per heavy atom. The van der Waals surface area contributed by atoms with Crippen LogP contribution in [0.2, 0.25) is 0 Å². The molecule has 0 radical (unpaired) electrons. The lowest BCUT2D eigenvalue weighted by Gasteiger charge is -2.29. The minimum atomic E-state index is -0.813. The third-order valence-corrected chi connectivity index (χ3v) is 4.40. The summed E-state index contributed by atoms with van der Waals surface area (Å²) >= 11 is 0. The maximum atomic E-state index is 11.5. The van der Waals surface area contributed by atoms with Crippen molar-refractivity contribution in [2.75, 3.05) is 14.2 Å². The summed E-state index contributed by atoms with van der Waals surface area (Å²) in [7, 11) is 3.20. The quantitative estimate of drug-likeness (QED) is 0.807. The van der Waals surface area contributed by atoms with Crippen molar-refractivity contribution in [1.82, 2.24) is 10.3 Å². The number of hydrogen-bond donors (Lipinski definition) is 3. The Bertz CT molecular complexity index is 722. The summed E-state index contributed by atoms with van der Waals surface area (Å²) in [5, 5.41) is 13.5. The number of carboxylic acids is 1. The number of fused-ring (bicyclic) bond motifs is 3. The summed E-state index contributed by atoms with van der Waals surface area (Å²) in [6.45, 7) is 2.53. The largest absolute Gasteiger partial charge is 0.493 e. The number of aromatic amines is 1. The van der Waals surface area contributed by atoms with Gasteiger partial charge in [0.05, 0.1) is 14.2 Å². The van der Waals surface area contributed by atoms with Gasteiger partial charge in [0.15, 0.2) is 11.5 Å². The predicted molar refractivity (Wildman–Crippen MR) is 82.7 cm³/mol. The summed E-state index contributed by atoms with van der Waals surface area (Å²) in [4.78, 5) is 14.9. The summed E-state index contributed by atoms with van der Waals surface area (Å²) in [5.41, 5.74) is 3.05. The molecule has 22 heavy (non-hydrogen) atoms. The fourth-order valence-corrected chi connectivity index (χ4v) is 3.38. The van der Waals surface area contributed by atoms with E-state index < -0.39 is 12.0 Å². The molecule has 0 saturated heterocycles. The zero-order chi connectivity index (χ0) is 15.9. The van der Waals surface area contributed by atoms with Crippen LogP contribution in [0.3, 0.4) is 0 Å². The molecule has 6 heteroatoms. The van der Waals surface area contributed by atoms with Crippen molar-refractivity contribution >= 4 is 16.9 Å². The Kier molecular flexibility index (Phi) is 3.70. The SMILES string of the molecule is CCC1c2c([nH]c3cc(OC)c(OC)cc23)CNC1C(=O)O. The zero-order valence-corrected chi connectivity index (χ0v) is 12.9. The van der Waals surface area contributed by atoms with Gasteiger partial charge in [-0.05, 0) is 18.1 Å². The number of benzene rings is 1. The van der Waals surface area contributed by atoms with E-state index in [-0.39, 0.29) is 5.92 Å². The van der Waals surface area contributed by atoms with Crippen molar-refractivity contribution in [1.29, 1.82) is 0 Å². The summed E-state index contributed by atoms with van der Waals surface area (Å²) in [6.07, 6.45) is 0.748. The van der Waals surface area contributed by atoms with Crippen LogP contribution in [-0.4, -0.2) is 36.3 Å². The minimum Gasteiger partial charge on any atom is -0.493 e. The van der Waals surface area contributed by atoms with Crippen LogP contribution in [0.4, 0.5) is 0 Å². The average molecular weight is 304 g/mol. The van der Waals surface area contributed by atoms with Crippen molar-refractivity contribution < 1.29 is 19.4 Å². The number of carboxylic acid groups (broad SMARTS) is 1. The van der Waals surface area contributed by atoms with Crippen LogP contribution in [0.1, 0.15) is 30.5 Å². The van der Waals surface area contributed by atoms with Crippen LogP contribution in [0.25, 0.3) is 10.9 Å². The topological polar surface area (TPSA) is 83.6 Å². The van der Waals surface area contributed by atoms with Crippen molar-refractivity contribution in [2.24, 2.45) is 0 Å². The Balaban J connectivity index is 2.21. The molecule has 0 saturated carbocycles. The van der Waals surface area contributed by atoms with Gasteiger partial charge in [-0.1, -0.05) is 6.92 Å². The minimum absolute atomic E-state index is 0.0758. The fourth-order valence-electron chi connectivity index (χ4n) is 3.38. The van der Waals surface area contributed by atoms with Gasteiger partial charge in [0, 0.05) is 35.1 Å². The molecule has 0 spiro atoms. The van der Waals surface area contributed by atoms with Gasteiger partial charge in [0.2, 0.25) is 0 Å². The van der Waals surface area contributed by atoms with Crippen LogP contribution in [0.15, 0.2) is 12.1 Å². The van der Waals surface area contributed by atoms with Gasteiger partial charge >= 0.3 is 5.97 Å². The van der Waals surface area contributed by atoms with Crippen LogP contribution in [-0.2, 0) is 11.3 Å². The molecule has 1 aromatic carbocycles. The van der Waals surface area contributed by atoms with E-state index in [1.807, 2.05) is 19.1 Å². The zero-order valence-electron chi connectivity index (χ0n) is 12.9. The van der Waals surface area contributed by atoms with E-state index in [2.05, 4.69) is 10.3 Å². The van der Waals surface area contributed by atoms with E-state index in [4.69, 9.17) is 9.47 Å². The molecule has 1 aliphatic rings. The third-order valence-electron chi connectivity index (χ3n) is 4.40. The number of nitrogens with one attached hydrogen (secondary N) is 2. The third kappa shape index (κ3) is 2.11. The lowest BCUT2D eigenvalue weighted by Crippen LogP contribution is -2.44. The Morgan fingerprint density at radius 2 is 2.00 bits per heavy atom. The van der Waals surface area contributed by atoms with Gasteiger partial charge in [-0.15, -0.1) is 0 Å². The Hall–Kier alpha value is -2.21. The number of ether oxygens (including phenoxy) is 2. The first-order valence-electron chi connectivity index (χ1n) is 7.33. The number of hydrogen-bond acceptors (Lipinski definition) is 4. The van der Waals surface area contributed by atoms with Crippen molar-refractivity contribution in [3.05, 3.63) is 23.4 Å². The highest BCUT2D eigenvalue weighted by Gasteiger charge is 2.35. The number of rotatable bonds is 4. The van der Waals surface area contributed by atoms with Crippen LogP contribution in [0, 0.1) is 0 Å². The van der Waals surface area contributed by atoms with Gasteiger partial charge in [-0.2, -0.15) is 0 Å². The van der Waals surface area contributed by atoms with E-state index in [0.717, 1.165) is 28.6 Å². The molecule has 2 unspecified atom stereocenters. The average Bonchev–Trinajstić information content (AvgIpc) is 2.89. The normalized spacial score (nSPS) is 20.7. The maximum absolute atomic E-state index is 11.5. The Labute approximate surface area is 128 Å². The number of methoxy groups -OCH3 is 2. The lowest BCUT2D eigenvalue weighted by molar-refractivity contribution is -0.140. The first kappa shape index (κ1) is 14.7. The van der Waals surface area contributed by atoms with Crippen LogP contribution < -0.4 is 14.8 Å². The molecular weight excluding hydrogens is 284 g/mol. The highest BCUT2D eigenvalue weighted by atomic mass is 16.5. The van der Waals surface area contributed by atoms with Gasteiger partial charge in [0.25, 0.3) is 0 Å². The smallest absolute Gasteiger partial charge is 0.321 e. The van der Waals surface area contributed by atoms with Crippen molar-refractivity contribution in [3.8, 4) is 11.5 Å². The van der Waals surface area contributed by atoms with Gasteiger partial charge in [0.1, 0.15) is 6.04 Å². The molecule has 3 N–H and O–H groups in total. The molecule has 3 rings (SSSR count). The first-order chi connectivity index (χ1) is 10.6. The molecular formula is C16H20N2O4. The molecule has 0 aliphatic carbocycles. The molecule has 2 heterocycles. The molecule has 0 amide bonds. The van der Waals surface area contributed by atoms with E-state index in [1.165, 1.54) is 0 Å². The molecule has 1 aromatic heterocycles. The monoisotopic (exact) mass is 304 g/mol. The summed E-state index contributed by atoms with van der Waals surface area (Å²) < 4.78 is 10.7. The Morgan fingerprint density at radius 1 is 1.32 bits per heavy atom. The first-order valence-corrected chi connectivity index (χ1v) is 7.33. The maximum Gasteiger partial charge on any atom is 0.321 e. The number of H-pyrrole nitrogens is 1. The second-order valence-electron chi connectivity index (χ2n) is 5.48. The van der Waals surface area contributed by atoms with Gasteiger partial charge in [-0.25, -0.2) is 0 Å². The number of carbonyl (C=O) groups is 1. The molecule has 118 valence electrons. The molecule has 0 bridgehead atoms. The van der Waals surface area contributed by atoms with Crippen molar-refractivity contribution in [3.63, 3.8) is 0 Å². The predicted octanol–water partition coefficient (Wildman–Crippen LogP) is 2.24. The van der Waals surface area contributed by atoms with E-state index in [1.54, 1.807) is 14.2 Å². The molecule has 0 fully saturated rings. The van der Waals surface area contributed by atoms with Gasteiger partial charge < -0.3 is 19.6 Å². The molecule has 6 nitrogen and oxygen atoms in total. The summed E-state index contributed by atoms with van der Waals surface area (Å²) in [5.74, 6) is 0.418. The van der Waals surface area contributed by atoms with Crippen LogP contribution in [0.5, 0.6) is 11.5 Å². The lowest BCUT2D eigenvalue weighted by atomic mass is 9.84. The van der Waals surface area contributed by atoms with E-state index in [9.17, 15) is 9.90 Å². The summed E-state index contributed by atoms with van der Waals surface area (Å²) in [6, 6.07) is 3.26. The van der Waals surface area contributed by atoms with Crippen molar-refractivity contribution in [2.45, 2.75) is 31.8 Å². The van der Waals surface area contributed by atoms with E-state index >= 15 is 0 Å². The molecule has 2 aromatic rings. The second kappa shape index (κ2) is 5.53. The second-order valence-corrected chi connectivity index (χ2v) is 5.48.